The normalized spacial score (nSPS) is 10.8. The fourth-order valence-electron chi connectivity index (χ4n) is 2.08. The van der Waals surface area contributed by atoms with Gasteiger partial charge < -0.3 is 4.98 Å². The summed E-state index contributed by atoms with van der Waals surface area (Å²) in [7, 11) is 0. The average molecular weight is 335 g/mol. The molecule has 3 aromatic rings. The molecule has 1 heterocycles. The Morgan fingerprint density at radius 2 is 1.89 bits per heavy atom. The van der Waals surface area contributed by atoms with E-state index in [1.165, 1.54) is 0 Å². The third kappa shape index (κ3) is 2.20. The molecule has 94 valence electrons. The van der Waals surface area contributed by atoms with Crippen molar-refractivity contribution in [3.8, 4) is 0 Å². The van der Waals surface area contributed by atoms with Gasteiger partial charge in [0.25, 0.3) is 0 Å². The molecule has 0 spiro atoms. The lowest BCUT2D eigenvalue weighted by Crippen LogP contribution is -2.01. The first-order valence-electron chi connectivity index (χ1n) is 5.72. The van der Waals surface area contributed by atoms with Gasteiger partial charge in [-0.25, -0.2) is 0 Å². The van der Waals surface area contributed by atoms with Crippen molar-refractivity contribution in [1.82, 2.24) is 4.98 Å². The topological polar surface area (TPSA) is 32.9 Å². The van der Waals surface area contributed by atoms with Crippen LogP contribution in [0, 0.1) is 0 Å². The third-order valence-electron chi connectivity index (χ3n) is 3.01. The Hall–Kier alpha value is -1.58. The van der Waals surface area contributed by atoms with Gasteiger partial charge in [0.05, 0.1) is 5.02 Å². The summed E-state index contributed by atoms with van der Waals surface area (Å²) in [5.74, 6) is -0.0741. The zero-order valence-corrected chi connectivity index (χ0v) is 12.1. The van der Waals surface area contributed by atoms with E-state index in [9.17, 15) is 4.79 Å². The summed E-state index contributed by atoms with van der Waals surface area (Å²) in [4.78, 5) is 15.6. The number of H-pyrrole nitrogens is 1. The largest absolute Gasteiger partial charge is 0.360 e. The molecule has 0 unspecified atom stereocenters. The van der Waals surface area contributed by atoms with Crippen molar-refractivity contribution in [2.75, 3.05) is 0 Å². The standard InChI is InChI=1S/C15H9BrClNO/c16-9-5-6-11(13(17)7-9)15(19)12-8-18-14-4-2-1-3-10(12)14/h1-8,18H. The first kappa shape index (κ1) is 12.5. The van der Waals surface area contributed by atoms with Crippen LogP contribution in [0.25, 0.3) is 10.9 Å². The molecular formula is C15H9BrClNO. The lowest BCUT2D eigenvalue weighted by molar-refractivity contribution is 0.104. The van der Waals surface area contributed by atoms with E-state index < -0.39 is 0 Å². The highest BCUT2D eigenvalue weighted by Crippen LogP contribution is 2.26. The molecule has 0 bridgehead atoms. The summed E-state index contributed by atoms with van der Waals surface area (Å²) in [6.07, 6.45) is 1.73. The van der Waals surface area contributed by atoms with E-state index in [0.717, 1.165) is 15.4 Å². The Balaban J connectivity index is 2.13. The van der Waals surface area contributed by atoms with Gasteiger partial charge in [-0.05, 0) is 24.3 Å². The monoisotopic (exact) mass is 333 g/mol. The Labute approximate surface area is 123 Å². The number of hydrogen-bond donors (Lipinski definition) is 1. The molecule has 0 atom stereocenters. The predicted octanol–water partition coefficient (Wildman–Crippen LogP) is 4.81. The van der Waals surface area contributed by atoms with Gasteiger partial charge in [-0.15, -0.1) is 0 Å². The van der Waals surface area contributed by atoms with Crippen LogP contribution in [0.2, 0.25) is 5.02 Å². The van der Waals surface area contributed by atoms with Gasteiger partial charge in [-0.1, -0.05) is 45.7 Å². The smallest absolute Gasteiger partial charge is 0.196 e. The van der Waals surface area contributed by atoms with Crippen LogP contribution in [0.15, 0.2) is 53.1 Å². The second kappa shape index (κ2) is 4.83. The number of aromatic amines is 1. The number of fused-ring (bicyclic) bond motifs is 1. The minimum absolute atomic E-state index is 0.0741. The molecule has 2 nitrogen and oxygen atoms in total. The second-order valence-corrected chi connectivity index (χ2v) is 5.52. The van der Waals surface area contributed by atoms with Crippen LogP contribution in [0.3, 0.4) is 0 Å². The number of ketones is 1. The Morgan fingerprint density at radius 1 is 1.11 bits per heavy atom. The van der Waals surface area contributed by atoms with Gasteiger partial charge in [0.1, 0.15) is 0 Å². The summed E-state index contributed by atoms with van der Waals surface area (Å²) in [5.41, 5.74) is 2.09. The quantitative estimate of drug-likeness (QED) is 0.670. The molecule has 2 aromatic carbocycles. The molecule has 19 heavy (non-hydrogen) atoms. The Morgan fingerprint density at radius 3 is 2.68 bits per heavy atom. The summed E-state index contributed by atoms with van der Waals surface area (Å²) in [6, 6.07) is 13.0. The summed E-state index contributed by atoms with van der Waals surface area (Å²) in [6.45, 7) is 0. The van der Waals surface area contributed by atoms with E-state index in [1.807, 2.05) is 30.3 Å². The molecular weight excluding hydrogens is 326 g/mol. The van der Waals surface area contributed by atoms with Gasteiger partial charge in [0.15, 0.2) is 5.78 Å². The molecule has 3 rings (SSSR count). The fourth-order valence-corrected chi connectivity index (χ4v) is 2.84. The van der Waals surface area contributed by atoms with E-state index in [-0.39, 0.29) is 5.78 Å². The van der Waals surface area contributed by atoms with Crippen LogP contribution in [-0.2, 0) is 0 Å². The summed E-state index contributed by atoms with van der Waals surface area (Å²) >= 11 is 9.46. The third-order valence-corrected chi connectivity index (χ3v) is 3.82. The molecule has 1 aromatic heterocycles. The Bertz CT molecular complexity index is 779. The highest BCUT2D eigenvalue weighted by molar-refractivity contribution is 9.10. The van der Waals surface area contributed by atoms with E-state index in [1.54, 1.807) is 18.3 Å². The molecule has 0 aliphatic carbocycles. The maximum Gasteiger partial charge on any atom is 0.196 e. The summed E-state index contributed by atoms with van der Waals surface area (Å²) < 4.78 is 0.855. The van der Waals surface area contributed by atoms with Crippen LogP contribution in [0.5, 0.6) is 0 Å². The minimum atomic E-state index is -0.0741. The first-order chi connectivity index (χ1) is 9.16. The first-order valence-corrected chi connectivity index (χ1v) is 6.90. The molecule has 0 amide bonds. The van der Waals surface area contributed by atoms with E-state index in [0.29, 0.717) is 16.1 Å². The highest BCUT2D eigenvalue weighted by atomic mass is 79.9. The Kier molecular flexibility index (Phi) is 3.17. The maximum atomic E-state index is 12.5. The van der Waals surface area contributed by atoms with Crippen molar-refractivity contribution in [3.63, 3.8) is 0 Å². The number of hydrogen-bond acceptors (Lipinski definition) is 1. The van der Waals surface area contributed by atoms with Crippen LogP contribution >= 0.6 is 27.5 Å². The van der Waals surface area contributed by atoms with Crippen molar-refractivity contribution in [3.05, 3.63) is 69.3 Å². The van der Waals surface area contributed by atoms with Gasteiger partial charge in [-0.2, -0.15) is 0 Å². The van der Waals surface area contributed by atoms with Gasteiger partial charge in [0.2, 0.25) is 0 Å². The van der Waals surface area contributed by atoms with Crippen molar-refractivity contribution < 1.29 is 4.79 Å². The predicted molar refractivity (Wildman–Crippen MR) is 80.9 cm³/mol. The average Bonchev–Trinajstić information content (AvgIpc) is 2.82. The molecule has 4 heteroatoms. The molecule has 0 saturated carbocycles. The molecule has 0 fully saturated rings. The molecule has 0 aliphatic rings. The number of para-hydroxylation sites is 1. The minimum Gasteiger partial charge on any atom is -0.360 e. The number of carbonyl (C=O) groups is 1. The van der Waals surface area contributed by atoms with Crippen molar-refractivity contribution in [1.29, 1.82) is 0 Å². The van der Waals surface area contributed by atoms with E-state index >= 15 is 0 Å². The van der Waals surface area contributed by atoms with Crippen molar-refractivity contribution in [2.24, 2.45) is 0 Å². The molecule has 0 saturated heterocycles. The number of halogens is 2. The zero-order valence-electron chi connectivity index (χ0n) is 9.78. The van der Waals surface area contributed by atoms with Crippen LogP contribution in [0.4, 0.5) is 0 Å². The molecule has 1 N–H and O–H groups in total. The van der Waals surface area contributed by atoms with Gasteiger partial charge >= 0.3 is 0 Å². The van der Waals surface area contributed by atoms with Crippen LogP contribution < -0.4 is 0 Å². The SMILES string of the molecule is O=C(c1ccc(Br)cc1Cl)c1c[nH]c2ccccc12. The van der Waals surface area contributed by atoms with Gasteiger partial charge in [-0.3, -0.25) is 4.79 Å². The second-order valence-electron chi connectivity index (χ2n) is 4.20. The number of nitrogens with one attached hydrogen (secondary N) is 1. The lowest BCUT2D eigenvalue weighted by Gasteiger charge is -2.03. The van der Waals surface area contributed by atoms with Crippen molar-refractivity contribution >= 4 is 44.2 Å². The maximum absolute atomic E-state index is 12.5. The fraction of sp³-hybridized carbons (Fsp3) is 0. The lowest BCUT2D eigenvalue weighted by atomic mass is 10.0. The highest BCUT2D eigenvalue weighted by Gasteiger charge is 2.16. The number of rotatable bonds is 2. The van der Waals surface area contributed by atoms with Crippen LogP contribution in [-0.4, -0.2) is 10.8 Å². The zero-order chi connectivity index (χ0) is 13.4. The molecule has 0 aliphatic heterocycles. The van der Waals surface area contributed by atoms with E-state index in [2.05, 4.69) is 20.9 Å². The van der Waals surface area contributed by atoms with E-state index in [4.69, 9.17) is 11.6 Å². The molecule has 0 radical (unpaired) electrons. The number of carbonyl (C=O) groups excluding carboxylic acids is 1. The van der Waals surface area contributed by atoms with Gasteiger partial charge in [0, 0.05) is 32.7 Å². The van der Waals surface area contributed by atoms with Crippen LogP contribution in [0.1, 0.15) is 15.9 Å². The van der Waals surface area contributed by atoms with Crippen molar-refractivity contribution in [2.45, 2.75) is 0 Å². The number of benzene rings is 2. The number of aromatic nitrogens is 1. The summed E-state index contributed by atoms with van der Waals surface area (Å²) in [5, 5.41) is 1.36.